The molecule has 11 heteroatoms. The van der Waals surface area contributed by atoms with Crippen molar-refractivity contribution < 1.29 is 24.0 Å². The zero-order chi connectivity index (χ0) is 25.1. The first-order valence-corrected chi connectivity index (χ1v) is 11.5. The van der Waals surface area contributed by atoms with Gasteiger partial charge in [-0.15, -0.1) is 0 Å². The Hall–Kier alpha value is -3.79. The molecule has 2 aromatic carbocycles. The van der Waals surface area contributed by atoms with E-state index < -0.39 is 24.1 Å². The summed E-state index contributed by atoms with van der Waals surface area (Å²) >= 11 is 6.51. The number of rotatable bonds is 5. The Morgan fingerprint density at radius 2 is 1.71 bits per heavy atom. The van der Waals surface area contributed by atoms with Gasteiger partial charge in [0.05, 0.1) is 16.3 Å². The molecule has 0 saturated carbocycles. The lowest BCUT2D eigenvalue weighted by Crippen LogP contribution is -2.50. The van der Waals surface area contributed by atoms with Gasteiger partial charge in [-0.1, -0.05) is 53.1 Å². The lowest BCUT2D eigenvalue weighted by Gasteiger charge is -2.36. The highest BCUT2D eigenvalue weighted by Crippen LogP contribution is 2.30. The Labute approximate surface area is 207 Å². The summed E-state index contributed by atoms with van der Waals surface area (Å²) < 4.78 is 0. The molecule has 0 aromatic heterocycles. The van der Waals surface area contributed by atoms with Crippen LogP contribution in [0.25, 0.3) is 0 Å². The number of hydrogen-bond donors (Lipinski definition) is 1. The Balaban J connectivity index is 1.34. The lowest BCUT2D eigenvalue weighted by molar-refractivity contribution is -0.151. The van der Waals surface area contributed by atoms with Crippen molar-refractivity contribution in [2.75, 3.05) is 45.2 Å². The van der Waals surface area contributed by atoms with Crippen molar-refractivity contribution >= 4 is 41.2 Å². The van der Waals surface area contributed by atoms with Crippen molar-refractivity contribution in [3.63, 3.8) is 0 Å². The van der Waals surface area contributed by atoms with Crippen molar-refractivity contribution in [2.24, 2.45) is 0 Å². The molecule has 0 radical (unpaired) electrons. The number of anilines is 1. The van der Waals surface area contributed by atoms with E-state index in [1.807, 2.05) is 41.3 Å². The summed E-state index contributed by atoms with van der Waals surface area (Å²) in [5.74, 6) is -0.807. The fraction of sp³-hybridized carbons (Fsp3) is 0.333. The number of piperazine rings is 1. The fourth-order valence-corrected chi connectivity index (χ4v) is 4.35. The SMILES string of the molecule is CN(C)C(=O)c1cccc(N2CCN(C(=O)ON3C(=O)N[C@@H](Cc4ccccc4)C3=O)CC2)c1Cl. The molecular weight excluding hydrogens is 474 g/mol. The molecule has 10 nitrogen and oxygen atoms in total. The highest BCUT2D eigenvalue weighted by Gasteiger charge is 2.42. The van der Waals surface area contributed by atoms with Crippen molar-refractivity contribution in [1.29, 1.82) is 0 Å². The normalized spacial score (nSPS) is 17.9. The summed E-state index contributed by atoms with van der Waals surface area (Å²) in [7, 11) is 3.32. The maximum absolute atomic E-state index is 12.7. The molecule has 1 atom stereocenters. The molecule has 2 aliphatic heterocycles. The third kappa shape index (κ3) is 5.17. The highest BCUT2D eigenvalue weighted by molar-refractivity contribution is 6.36. The minimum absolute atomic E-state index is 0.196. The second kappa shape index (κ2) is 10.2. The number of hydrogen-bond acceptors (Lipinski definition) is 6. The van der Waals surface area contributed by atoms with E-state index in [0.717, 1.165) is 5.56 Å². The van der Waals surface area contributed by atoms with E-state index >= 15 is 0 Å². The molecule has 2 aromatic rings. The van der Waals surface area contributed by atoms with E-state index in [9.17, 15) is 19.2 Å². The first-order valence-electron chi connectivity index (χ1n) is 11.2. The summed E-state index contributed by atoms with van der Waals surface area (Å²) in [6.07, 6.45) is -0.481. The van der Waals surface area contributed by atoms with Gasteiger partial charge >= 0.3 is 12.1 Å². The smallest absolute Gasteiger partial charge is 0.367 e. The van der Waals surface area contributed by atoms with E-state index in [-0.39, 0.29) is 19.0 Å². The molecule has 0 aliphatic carbocycles. The molecule has 0 bridgehead atoms. The summed E-state index contributed by atoms with van der Waals surface area (Å²) in [5, 5.41) is 3.40. The van der Waals surface area contributed by atoms with Crippen molar-refractivity contribution in [1.82, 2.24) is 20.2 Å². The molecule has 184 valence electrons. The van der Waals surface area contributed by atoms with Crippen LogP contribution in [0.4, 0.5) is 15.3 Å². The van der Waals surface area contributed by atoms with Crippen LogP contribution in [0.15, 0.2) is 48.5 Å². The predicted molar refractivity (Wildman–Crippen MR) is 129 cm³/mol. The fourth-order valence-electron chi connectivity index (χ4n) is 4.02. The predicted octanol–water partition coefficient (Wildman–Crippen LogP) is 2.38. The van der Waals surface area contributed by atoms with Crippen LogP contribution in [0, 0.1) is 0 Å². The van der Waals surface area contributed by atoms with Gasteiger partial charge in [-0.25, -0.2) is 9.59 Å². The van der Waals surface area contributed by atoms with Crippen LogP contribution in [0.2, 0.25) is 5.02 Å². The number of imide groups is 1. The monoisotopic (exact) mass is 499 g/mol. The molecular formula is C24H26ClN5O5. The largest absolute Gasteiger partial charge is 0.434 e. The minimum atomic E-state index is -0.797. The third-order valence-corrected chi connectivity index (χ3v) is 6.32. The number of amides is 5. The molecule has 0 unspecified atom stereocenters. The maximum atomic E-state index is 12.7. The molecule has 2 aliphatic rings. The standard InChI is InChI=1S/C24H26ClN5O5/c1-27(2)21(31)17-9-6-10-19(20(17)25)28-11-13-29(14-12-28)24(34)35-30-22(32)18(26-23(30)33)15-16-7-4-3-5-8-16/h3-10,18H,11-15H2,1-2H3,(H,26,33)/t18-/m0/s1. The Bertz CT molecular complexity index is 1130. The second-order valence-electron chi connectivity index (χ2n) is 8.49. The van der Waals surface area contributed by atoms with Crippen LogP contribution in [0.5, 0.6) is 0 Å². The van der Waals surface area contributed by atoms with E-state index in [2.05, 4.69) is 5.32 Å². The van der Waals surface area contributed by atoms with E-state index in [4.69, 9.17) is 16.4 Å². The highest BCUT2D eigenvalue weighted by atomic mass is 35.5. The lowest BCUT2D eigenvalue weighted by atomic mass is 10.1. The summed E-state index contributed by atoms with van der Waals surface area (Å²) in [6, 6.07) is 13.0. The van der Waals surface area contributed by atoms with Crippen LogP contribution in [0.1, 0.15) is 15.9 Å². The molecule has 5 amide bonds. The summed E-state index contributed by atoms with van der Waals surface area (Å²) in [5.41, 5.74) is 1.98. The van der Waals surface area contributed by atoms with Gasteiger partial charge in [0.2, 0.25) is 0 Å². The summed E-state index contributed by atoms with van der Waals surface area (Å²) in [6.45, 7) is 1.45. The van der Waals surface area contributed by atoms with Gasteiger partial charge < -0.3 is 24.9 Å². The minimum Gasteiger partial charge on any atom is -0.367 e. The molecule has 0 spiro atoms. The number of nitrogens with one attached hydrogen (secondary N) is 1. The average molecular weight is 500 g/mol. The molecule has 2 saturated heterocycles. The van der Waals surface area contributed by atoms with Gasteiger partial charge in [0.15, 0.2) is 0 Å². The zero-order valence-corrected chi connectivity index (χ0v) is 20.2. The quantitative estimate of drug-likeness (QED) is 0.634. The Kier molecular flexibility index (Phi) is 7.11. The van der Waals surface area contributed by atoms with Gasteiger partial charge in [0.25, 0.3) is 11.8 Å². The number of carbonyl (C=O) groups excluding carboxylic acids is 4. The Morgan fingerprint density at radius 1 is 1.03 bits per heavy atom. The number of carbonyl (C=O) groups is 4. The molecule has 4 rings (SSSR count). The molecule has 35 heavy (non-hydrogen) atoms. The molecule has 2 heterocycles. The van der Waals surface area contributed by atoms with Gasteiger partial charge in [0, 0.05) is 46.7 Å². The number of benzene rings is 2. The van der Waals surface area contributed by atoms with E-state index in [1.54, 1.807) is 26.2 Å². The summed E-state index contributed by atoms with van der Waals surface area (Å²) in [4.78, 5) is 59.9. The third-order valence-electron chi connectivity index (χ3n) is 5.93. The van der Waals surface area contributed by atoms with Crippen LogP contribution in [0.3, 0.4) is 0 Å². The second-order valence-corrected chi connectivity index (χ2v) is 8.87. The number of urea groups is 1. The van der Waals surface area contributed by atoms with Crippen molar-refractivity contribution in [3.05, 3.63) is 64.7 Å². The van der Waals surface area contributed by atoms with E-state index in [0.29, 0.717) is 40.8 Å². The molecule has 2 fully saturated rings. The van der Waals surface area contributed by atoms with Gasteiger partial charge in [0.1, 0.15) is 6.04 Å². The number of hydroxylamine groups is 2. The number of halogens is 1. The van der Waals surface area contributed by atoms with Gasteiger partial charge in [-0.2, -0.15) is 0 Å². The maximum Gasteiger partial charge on any atom is 0.434 e. The van der Waals surface area contributed by atoms with Crippen LogP contribution >= 0.6 is 11.6 Å². The van der Waals surface area contributed by atoms with Crippen LogP contribution < -0.4 is 10.2 Å². The molecule has 1 N–H and O–H groups in total. The zero-order valence-electron chi connectivity index (χ0n) is 19.4. The van der Waals surface area contributed by atoms with Crippen LogP contribution in [-0.2, 0) is 16.1 Å². The van der Waals surface area contributed by atoms with E-state index in [1.165, 1.54) is 9.80 Å². The topological polar surface area (TPSA) is 102 Å². The first kappa shape index (κ1) is 24.3. The van der Waals surface area contributed by atoms with Gasteiger partial charge in [-0.3, -0.25) is 9.59 Å². The van der Waals surface area contributed by atoms with Gasteiger partial charge in [-0.05, 0) is 17.7 Å². The number of nitrogens with zero attached hydrogens (tertiary/aromatic N) is 4. The average Bonchev–Trinajstić information content (AvgIpc) is 3.11. The first-order chi connectivity index (χ1) is 16.8. The van der Waals surface area contributed by atoms with Crippen LogP contribution in [-0.4, -0.2) is 85.1 Å². The Morgan fingerprint density at radius 3 is 2.37 bits per heavy atom. The van der Waals surface area contributed by atoms with Crippen molar-refractivity contribution in [2.45, 2.75) is 12.5 Å². The van der Waals surface area contributed by atoms with Crippen molar-refractivity contribution in [3.8, 4) is 0 Å².